The predicted octanol–water partition coefficient (Wildman–Crippen LogP) is 1.63. The minimum absolute atomic E-state index is 0.180. The number of phenols is 1. The van der Waals surface area contributed by atoms with Crippen LogP contribution in [0.25, 0.3) is 0 Å². The van der Waals surface area contributed by atoms with Crippen molar-refractivity contribution < 1.29 is 24.3 Å². The van der Waals surface area contributed by atoms with Crippen molar-refractivity contribution in [3.8, 4) is 11.5 Å². The number of carbonyl (C=O) groups is 1. The summed E-state index contributed by atoms with van der Waals surface area (Å²) in [5.74, 6) is -1.33. The van der Waals surface area contributed by atoms with Gasteiger partial charge in [0.25, 0.3) is 0 Å². The zero-order valence-corrected chi connectivity index (χ0v) is 9.95. The van der Waals surface area contributed by atoms with Gasteiger partial charge in [0.05, 0.1) is 11.5 Å². The molecule has 1 unspecified atom stereocenters. The van der Waals surface area contributed by atoms with Crippen molar-refractivity contribution in [2.24, 2.45) is 0 Å². The van der Waals surface area contributed by atoms with E-state index in [-0.39, 0.29) is 12.4 Å². The Hall–Kier alpha value is -2.31. The summed E-state index contributed by atoms with van der Waals surface area (Å²) in [6, 6.07) is 3.85. The van der Waals surface area contributed by atoms with Gasteiger partial charge in [-0.1, -0.05) is 6.07 Å². The van der Waals surface area contributed by atoms with Crippen LogP contribution in [0.15, 0.2) is 18.2 Å². The van der Waals surface area contributed by atoms with Gasteiger partial charge in [0, 0.05) is 0 Å². The van der Waals surface area contributed by atoms with Gasteiger partial charge in [0.15, 0.2) is 11.9 Å². The molecule has 1 N–H and O–H groups in total. The summed E-state index contributed by atoms with van der Waals surface area (Å²) in [5.41, 5.74) is -0.575. The third-order valence-electron chi connectivity index (χ3n) is 2.08. The molecule has 0 saturated heterocycles. The quantitative estimate of drug-likeness (QED) is 0.487. The second-order valence-electron chi connectivity index (χ2n) is 3.39. The second kappa shape index (κ2) is 5.85. The number of ether oxygens (including phenoxy) is 2. The highest BCUT2D eigenvalue weighted by Gasteiger charge is 2.24. The predicted molar refractivity (Wildman–Crippen MR) is 61.5 cm³/mol. The van der Waals surface area contributed by atoms with E-state index in [9.17, 15) is 20.0 Å². The first-order valence-corrected chi connectivity index (χ1v) is 5.27. The highest BCUT2D eigenvalue weighted by molar-refractivity contribution is 5.75. The van der Waals surface area contributed by atoms with Gasteiger partial charge < -0.3 is 14.6 Å². The number of hydrogen-bond donors (Lipinski definition) is 1. The van der Waals surface area contributed by atoms with Gasteiger partial charge in [0.1, 0.15) is 0 Å². The van der Waals surface area contributed by atoms with E-state index < -0.39 is 28.4 Å². The minimum Gasteiger partial charge on any atom is -0.502 e. The highest BCUT2D eigenvalue weighted by Crippen LogP contribution is 2.35. The lowest BCUT2D eigenvalue weighted by Crippen LogP contribution is -2.26. The Balaban J connectivity index is 2.94. The molecule has 0 saturated carbocycles. The number of carbonyl (C=O) groups excluding carboxylic acids is 1. The maximum absolute atomic E-state index is 11.3. The summed E-state index contributed by atoms with van der Waals surface area (Å²) in [5, 5.41) is 20.1. The first-order valence-electron chi connectivity index (χ1n) is 5.27. The highest BCUT2D eigenvalue weighted by atomic mass is 16.6. The van der Waals surface area contributed by atoms with E-state index in [1.165, 1.54) is 25.1 Å². The standard InChI is InChI=1S/C11H13NO6/c1-3-17-11(14)7(2)18-9-6-4-5-8(13)10(9)12(15)16/h4-7,13H,3H2,1-2H3. The molecule has 0 amide bonds. The Kier molecular flexibility index (Phi) is 4.47. The monoisotopic (exact) mass is 255 g/mol. The Labute approximate surface area is 103 Å². The lowest BCUT2D eigenvalue weighted by molar-refractivity contribution is -0.387. The van der Waals surface area contributed by atoms with Crippen LogP contribution in [-0.4, -0.2) is 28.7 Å². The zero-order chi connectivity index (χ0) is 13.7. The summed E-state index contributed by atoms with van der Waals surface area (Å²) >= 11 is 0. The minimum atomic E-state index is -0.995. The normalized spacial score (nSPS) is 11.7. The van der Waals surface area contributed by atoms with Crippen LogP contribution in [0.5, 0.6) is 11.5 Å². The first kappa shape index (κ1) is 13.8. The fourth-order valence-corrected chi connectivity index (χ4v) is 1.29. The molecule has 1 aromatic carbocycles. The summed E-state index contributed by atoms with van der Waals surface area (Å²) in [7, 11) is 0. The number of para-hydroxylation sites is 1. The van der Waals surface area contributed by atoms with E-state index >= 15 is 0 Å². The summed E-state index contributed by atoms with van der Waals surface area (Å²) in [6.45, 7) is 3.24. The van der Waals surface area contributed by atoms with Crippen molar-refractivity contribution >= 4 is 11.7 Å². The maximum Gasteiger partial charge on any atom is 0.352 e. The van der Waals surface area contributed by atoms with Crippen molar-refractivity contribution in [1.82, 2.24) is 0 Å². The third-order valence-corrected chi connectivity index (χ3v) is 2.08. The second-order valence-corrected chi connectivity index (χ2v) is 3.39. The van der Waals surface area contributed by atoms with Crippen LogP contribution in [0.4, 0.5) is 5.69 Å². The number of hydrogen-bond acceptors (Lipinski definition) is 6. The number of nitrogens with zero attached hydrogens (tertiary/aromatic N) is 1. The molecule has 0 aliphatic rings. The molecule has 1 atom stereocenters. The molecule has 98 valence electrons. The van der Waals surface area contributed by atoms with E-state index in [0.717, 1.165) is 0 Å². The van der Waals surface area contributed by atoms with E-state index in [4.69, 9.17) is 9.47 Å². The molecule has 0 aliphatic heterocycles. The lowest BCUT2D eigenvalue weighted by atomic mass is 10.2. The van der Waals surface area contributed by atoms with Gasteiger partial charge in [-0.15, -0.1) is 0 Å². The average Bonchev–Trinajstić information content (AvgIpc) is 2.28. The van der Waals surface area contributed by atoms with Crippen molar-refractivity contribution in [1.29, 1.82) is 0 Å². The van der Waals surface area contributed by atoms with Gasteiger partial charge in [-0.2, -0.15) is 0 Å². The van der Waals surface area contributed by atoms with Gasteiger partial charge in [-0.25, -0.2) is 4.79 Å². The van der Waals surface area contributed by atoms with Crippen molar-refractivity contribution in [2.75, 3.05) is 6.61 Å². The SMILES string of the molecule is CCOC(=O)C(C)Oc1cccc(O)c1[N+](=O)[O-]. The van der Waals surface area contributed by atoms with Crippen LogP contribution in [0, 0.1) is 10.1 Å². The number of benzene rings is 1. The first-order chi connectivity index (χ1) is 8.47. The van der Waals surface area contributed by atoms with Crippen LogP contribution in [0.3, 0.4) is 0 Å². The fraction of sp³-hybridized carbons (Fsp3) is 0.364. The van der Waals surface area contributed by atoms with Gasteiger partial charge in [-0.3, -0.25) is 10.1 Å². The maximum atomic E-state index is 11.3. The van der Waals surface area contributed by atoms with E-state index in [2.05, 4.69) is 0 Å². The van der Waals surface area contributed by atoms with E-state index in [0.29, 0.717) is 0 Å². The summed E-state index contributed by atoms with van der Waals surface area (Å²) in [6.07, 6.45) is -0.995. The van der Waals surface area contributed by atoms with Gasteiger partial charge in [0.2, 0.25) is 5.75 Å². The smallest absolute Gasteiger partial charge is 0.352 e. The molecule has 7 nitrogen and oxygen atoms in total. The molecule has 0 radical (unpaired) electrons. The molecule has 0 spiro atoms. The number of nitro benzene ring substituents is 1. The topological polar surface area (TPSA) is 98.9 Å². The molecule has 0 fully saturated rings. The van der Waals surface area contributed by atoms with Crippen LogP contribution >= 0.6 is 0 Å². The van der Waals surface area contributed by atoms with E-state index in [1.807, 2.05) is 0 Å². The number of nitro groups is 1. The zero-order valence-electron chi connectivity index (χ0n) is 9.95. The fourth-order valence-electron chi connectivity index (χ4n) is 1.29. The molecule has 1 aromatic rings. The van der Waals surface area contributed by atoms with Gasteiger partial charge >= 0.3 is 11.7 Å². The summed E-state index contributed by atoms with van der Waals surface area (Å²) < 4.78 is 9.84. The Morgan fingerprint density at radius 3 is 2.78 bits per heavy atom. The van der Waals surface area contributed by atoms with Crippen LogP contribution in [0.2, 0.25) is 0 Å². The van der Waals surface area contributed by atoms with Crippen molar-refractivity contribution in [3.63, 3.8) is 0 Å². The van der Waals surface area contributed by atoms with Crippen molar-refractivity contribution in [3.05, 3.63) is 28.3 Å². The molecule has 0 bridgehead atoms. The number of aromatic hydroxyl groups is 1. The van der Waals surface area contributed by atoms with Crippen LogP contribution in [0.1, 0.15) is 13.8 Å². The Morgan fingerprint density at radius 2 is 2.22 bits per heavy atom. The third kappa shape index (κ3) is 3.09. The molecule has 7 heteroatoms. The molecular formula is C11H13NO6. The molecule has 0 heterocycles. The van der Waals surface area contributed by atoms with Crippen LogP contribution in [-0.2, 0) is 9.53 Å². The van der Waals surface area contributed by atoms with E-state index in [1.54, 1.807) is 6.92 Å². The summed E-state index contributed by atoms with van der Waals surface area (Å²) in [4.78, 5) is 21.3. The number of esters is 1. The van der Waals surface area contributed by atoms with Gasteiger partial charge in [-0.05, 0) is 26.0 Å². The Bertz CT molecular complexity index is 459. The number of phenolic OH excluding ortho intramolecular Hbond substituents is 1. The molecule has 0 aliphatic carbocycles. The Morgan fingerprint density at radius 1 is 1.56 bits per heavy atom. The molecule has 1 rings (SSSR count). The molecule has 18 heavy (non-hydrogen) atoms. The lowest BCUT2D eigenvalue weighted by Gasteiger charge is -2.13. The molecule has 0 aromatic heterocycles. The largest absolute Gasteiger partial charge is 0.502 e. The van der Waals surface area contributed by atoms with Crippen molar-refractivity contribution in [2.45, 2.75) is 20.0 Å². The molecular weight excluding hydrogens is 242 g/mol. The van der Waals surface area contributed by atoms with Crippen LogP contribution < -0.4 is 4.74 Å². The average molecular weight is 255 g/mol. The number of rotatable bonds is 5.